The lowest BCUT2D eigenvalue weighted by Crippen LogP contribution is -2.06. The quantitative estimate of drug-likeness (QED) is 0.698. The number of aromatic nitrogens is 2. The molecular formula is C8H14N4S. The summed E-state index contributed by atoms with van der Waals surface area (Å²) in [6, 6.07) is 1.86. The Balaban J connectivity index is 2.46. The van der Waals surface area contributed by atoms with E-state index in [1.807, 2.05) is 17.8 Å². The average molecular weight is 198 g/mol. The van der Waals surface area contributed by atoms with E-state index in [0.717, 1.165) is 18.1 Å². The fourth-order valence-corrected chi connectivity index (χ4v) is 1.16. The third kappa shape index (κ3) is 3.50. The van der Waals surface area contributed by atoms with Gasteiger partial charge in [-0.25, -0.2) is 4.98 Å². The van der Waals surface area contributed by atoms with Crippen LogP contribution in [0, 0.1) is 0 Å². The molecule has 0 fully saturated rings. The van der Waals surface area contributed by atoms with E-state index in [9.17, 15) is 0 Å². The molecule has 2 N–H and O–H groups in total. The molecule has 0 aromatic carbocycles. The minimum Gasteiger partial charge on any atom is -0.369 e. The molecule has 0 aliphatic carbocycles. The summed E-state index contributed by atoms with van der Waals surface area (Å²) in [5.74, 6) is 2.60. The highest BCUT2D eigenvalue weighted by Crippen LogP contribution is 2.04. The van der Waals surface area contributed by atoms with Crippen LogP contribution in [0.1, 0.15) is 0 Å². The largest absolute Gasteiger partial charge is 0.369 e. The molecule has 1 aromatic heterocycles. The molecule has 0 atom stereocenters. The third-order valence-corrected chi connectivity index (χ3v) is 2.10. The van der Waals surface area contributed by atoms with Gasteiger partial charge in [0.1, 0.15) is 5.82 Å². The van der Waals surface area contributed by atoms with E-state index in [2.05, 4.69) is 26.9 Å². The molecule has 0 saturated carbocycles. The van der Waals surface area contributed by atoms with Gasteiger partial charge in [0.15, 0.2) is 0 Å². The molecular weight excluding hydrogens is 184 g/mol. The fourth-order valence-electron chi connectivity index (χ4n) is 0.859. The van der Waals surface area contributed by atoms with Gasteiger partial charge in [0.05, 0.1) is 0 Å². The topological polar surface area (TPSA) is 49.8 Å². The Labute approximate surface area is 82.6 Å². The van der Waals surface area contributed by atoms with Gasteiger partial charge in [-0.15, -0.1) is 0 Å². The van der Waals surface area contributed by atoms with E-state index in [1.54, 1.807) is 13.2 Å². The van der Waals surface area contributed by atoms with E-state index in [-0.39, 0.29) is 0 Å². The van der Waals surface area contributed by atoms with Crippen LogP contribution in [-0.2, 0) is 0 Å². The summed E-state index contributed by atoms with van der Waals surface area (Å²) in [7, 11) is 1.81. The van der Waals surface area contributed by atoms with Gasteiger partial charge in [-0.2, -0.15) is 16.7 Å². The summed E-state index contributed by atoms with van der Waals surface area (Å²) in [4.78, 5) is 8.24. The van der Waals surface area contributed by atoms with Crippen molar-refractivity contribution in [2.75, 3.05) is 36.2 Å². The Hall–Kier alpha value is -0.970. The first kappa shape index (κ1) is 10.1. The first-order chi connectivity index (χ1) is 6.36. The van der Waals surface area contributed by atoms with Gasteiger partial charge < -0.3 is 10.6 Å². The molecule has 1 aromatic rings. The smallest absolute Gasteiger partial charge is 0.224 e. The SMILES string of the molecule is CNc1nccc(NCCSC)n1. The second-order valence-corrected chi connectivity index (χ2v) is 3.42. The summed E-state index contributed by atoms with van der Waals surface area (Å²) in [5.41, 5.74) is 0. The summed E-state index contributed by atoms with van der Waals surface area (Å²) in [6.07, 6.45) is 3.82. The monoisotopic (exact) mass is 198 g/mol. The van der Waals surface area contributed by atoms with Gasteiger partial charge in [-0.3, -0.25) is 0 Å². The van der Waals surface area contributed by atoms with Gasteiger partial charge in [0.2, 0.25) is 5.95 Å². The molecule has 13 heavy (non-hydrogen) atoms. The molecule has 0 spiro atoms. The van der Waals surface area contributed by atoms with Crippen molar-refractivity contribution in [3.05, 3.63) is 12.3 Å². The lowest BCUT2D eigenvalue weighted by molar-refractivity contribution is 1.11. The van der Waals surface area contributed by atoms with Crippen LogP contribution in [0.5, 0.6) is 0 Å². The second-order valence-electron chi connectivity index (χ2n) is 2.44. The zero-order valence-electron chi connectivity index (χ0n) is 7.87. The van der Waals surface area contributed by atoms with Crippen LogP contribution < -0.4 is 10.6 Å². The molecule has 1 rings (SSSR count). The van der Waals surface area contributed by atoms with E-state index in [1.165, 1.54) is 0 Å². The number of hydrogen-bond donors (Lipinski definition) is 2. The zero-order chi connectivity index (χ0) is 9.52. The van der Waals surface area contributed by atoms with Gasteiger partial charge in [0, 0.05) is 25.5 Å². The number of hydrogen-bond acceptors (Lipinski definition) is 5. The van der Waals surface area contributed by atoms with E-state index in [4.69, 9.17) is 0 Å². The van der Waals surface area contributed by atoms with Gasteiger partial charge >= 0.3 is 0 Å². The van der Waals surface area contributed by atoms with Crippen LogP contribution in [-0.4, -0.2) is 35.6 Å². The molecule has 0 bridgehead atoms. The maximum Gasteiger partial charge on any atom is 0.224 e. The van der Waals surface area contributed by atoms with Crippen molar-refractivity contribution in [1.82, 2.24) is 9.97 Å². The van der Waals surface area contributed by atoms with Crippen LogP contribution in [0.4, 0.5) is 11.8 Å². The normalized spacial score (nSPS) is 9.69. The van der Waals surface area contributed by atoms with Crippen LogP contribution in [0.2, 0.25) is 0 Å². The maximum atomic E-state index is 4.22. The van der Waals surface area contributed by atoms with Crippen molar-refractivity contribution in [2.24, 2.45) is 0 Å². The van der Waals surface area contributed by atoms with Crippen molar-refractivity contribution in [3.8, 4) is 0 Å². The van der Waals surface area contributed by atoms with Crippen LogP contribution in [0.3, 0.4) is 0 Å². The minimum absolute atomic E-state index is 0.647. The van der Waals surface area contributed by atoms with Crippen LogP contribution in [0.25, 0.3) is 0 Å². The lowest BCUT2D eigenvalue weighted by Gasteiger charge is -2.04. The molecule has 1 heterocycles. The number of nitrogens with one attached hydrogen (secondary N) is 2. The predicted molar refractivity (Wildman–Crippen MR) is 58.5 cm³/mol. The molecule has 5 heteroatoms. The highest BCUT2D eigenvalue weighted by atomic mass is 32.2. The molecule has 0 amide bonds. The standard InChI is InChI=1S/C8H14N4S/c1-9-8-11-4-3-7(12-8)10-5-6-13-2/h3-4H,5-6H2,1-2H3,(H2,9,10,11,12). The summed E-state index contributed by atoms with van der Waals surface area (Å²) in [5, 5.41) is 6.10. The highest BCUT2D eigenvalue weighted by molar-refractivity contribution is 7.98. The first-order valence-corrected chi connectivity index (χ1v) is 5.50. The van der Waals surface area contributed by atoms with Crippen LogP contribution >= 0.6 is 11.8 Å². The van der Waals surface area contributed by atoms with Gasteiger partial charge in [0.25, 0.3) is 0 Å². The van der Waals surface area contributed by atoms with Crippen molar-refractivity contribution in [1.29, 1.82) is 0 Å². The average Bonchev–Trinajstić information content (AvgIpc) is 2.19. The predicted octanol–water partition coefficient (Wildman–Crippen LogP) is 1.29. The maximum absolute atomic E-state index is 4.22. The van der Waals surface area contributed by atoms with Crippen molar-refractivity contribution in [2.45, 2.75) is 0 Å². The van der Waals surface area contributed by atoms with E-state index in [0.29, 0.717) is 5.95 Å². The molecule has 0 aliphatic heterocycles. The number of nitrogens with zero attached hydrogens (tertiary/aromatic N) is 2. The molecule has 0 unspecified atom stereocenters. The molecule has 72 valence electrons. The number of thioether (sulfide) groups is 1. The fraction of sp³-hybridized carbons (Fsp3) is 0.500. The Bertz CT molecular complexity index is 254. The molecule has 0 aliphatic rings. The third-order valence-electron chi connectivity index (χ3n) is 1.49. The summed E-state index contributed by atoms with van der Waals surface area (Å²) in [6.45, 7) is 0.932. The summed E-state index contributed by atoms with van der Waals surface area (Å²) >= 11 is 1.81. The van der Waals surface area contributed by atoms with E-state index >= 15 is 0 Å². The number of rotatable bonds is 5. The Morgan fingerprint density at radius 1 is 1.54 bits per heavy atom. The first-order valence-electron chi connectivity index (χ1n) is 4.10. The summed E-state index contributed by atoms with van der Waals surface area (Å²) < 4.78 is 0. The lowest BCUT2D eigenvalue weighted by atomic mass is 10.5. The van der Waals surface area contributed by atoms with Gasteiger partial charge in [-0.1, -0.05) is 0 Å². The zero-order valence-corrected chi connectivity index (χ0v) is 8.69. The number of anilines is 2. The molecule has 0 saturated heterocycles. The van der Waals surface area contributed by atoms with E-state index < -0.39 is 0 Å². The Morgan fingerprint density at radius 3 is 3.08 bits per heavy atom. The highest BCUT2D eigenvalue weighted by Gasteiger charge is 1.94. The Kier molecular flexibility index (Phi) is 4.39. The van der Waals surface area contributed by atoms with Crippen molar-refractivity contribution in [3.63, 3.8) is 0 Å². The molecule has 0 radical (unpaired) electrons. The van der Waals surface area contributed by atoms with Crippen molar-refractivity contribution >= 4 is 23.5 Å². The van der Waals surface area contributed by atoms with Crippen molar-refractivity contribution < 1.29 is 0 Å². The second kappa shape index (κ2) is 5.64. The molecule has 4 nitrogen and oxygen atoms in total. The van der Waals surface area contributed by atoms with Crippen LogP contribution in [0.15, 0.2) is 12.3 Å². The Morgan fingerprint density at radius 2 is 2.38 bits per heavy atom. The van der Waals surface area contributed by atoms with Gasteiger partial charge in [-0.05, 0) is 12.3 Å². The minimum atomic E-state index is 0.647.